The van der Waals surface area contributed by atoms with Gasteiger partial charge in [0, 0.05) is 31.4 Å². The Morgan fingerprint density at radius 3 is 2.76 bits per heavy atom. The summed E-state index contributed by atoms with van der Waals surface area (Å²) >= 11 is 5.81. The first kappa shape index (κ1) is 14.4. The molecule has 1 aliphatic heterocycles. The molecule has 0 saturated carbocycles. The zero-order valence-corrected chi connectivity index (χ0v) is 12.5. The van der Waals surface area contributed by atoms with Crippen molar-refractivity contribution in [1.82, 2.24) is 4.90 Å². The molecule has 1 N–H and O–H groups in total. The van der Waals surface area contributed by atoms with E-state index in [-0.39, 0.29) is 10.8 Å². The molecule has 4 heteroatoms. The minimum absolute atomic E-state index is 0.166. The molecular formula is C17H18ClFN2. The highest BCUT2D eigenvalue weighted by molar-refractivity contribution is 6.31. The fraction of sp³-hybridized carbons (Fsp3) is 0.294. The second kappa shape index (κ2) is 6.46. The average molecular weight is 305 g/mol. The van der Waals surface area contributed by atoms with Crippen molar-refractivity contribution >= 4 is 17.3 Å². The van der Waals surface area contributed by atoms with Gasteiger partial charge in [0.2, 0.25) is 0 Å². The topological polar surface area (TPSA) is 15.3 Å². The number of nitrogens with zero attached hydrogens (tertiary/aromatic N) is 1. The van der Waals surface area contributed by atoms with Crippen molar-refractivity contribution in [2.75, 3.05) is 18.4 Å². The van der Waals surface area contributed by atoms with Crippen molar-refractivity contribution in [2.24, 2.45) is 0 Å². The number of anilines is 1. The Labute approximate surface area is 129 Å². The number of likely N-dealkylation sites (tertiary alicyclic amines) is 1. The molecular weight excluding hydrogens is 287 g/mol. The van der Waals surface area contributed by atoms with Crippen LogP contribution in [0.4, 0.5) is 10.1 Å². The van der Waals surface area contributed by atoms with E-state index in [0.717, 1.165) is 31.7 Å². The molecule has 0 aromatic heterocycles. The largest absolute Gasteiger partial charge is 0.381 e. The summed E-state index contributed by atoms with van der Waals surface area (Å²) in [7, 11) is 0. The van der Waals surface area contributed by atoms with Gasteiger partial charge in [-0.15, -0.1) is 0 Å². The molecule has 21 heavy (non-hydrogen) atoms. The van der Waals surface area contributed by atoms with Gasteiger partial charge in [0.15, 0.2) is 0 Å². The Kier molecular flexibility index (Phi) is 4.42. The zero-order valence-electron chi connectivity index (χ0n) is 11.7. The van der Waals surface area contributed by atoms with E-state index in [9.17, 15) is 4.39 Å². The molecule has 1 unspecified atom stereocenters. The van der Waals surface area contributed by atoms with E-state index < -0.39 is 0 Å². The first-order chi connectivity index (χ1) is 10.2. The molecule has 2 aromatic carbocycles. The minimum Gasteiger partial charge on any atom is -0.381 e. The molecule has 1 saturated heterocycles. The molecule has 110 valence electrons. The lowest BCUT2D eigenvalue weighted by molar-refractivity contribution is 0.328. The predicted octanol–water partition coefficient (Wildman–Crippen LogP) is 4.17. The van der Waals surface area contributed by atoms with Crippen LogP contribution in [0.15, 0.2) is 48.5 Å². The van der Waals surface area contributed by atoms with Gasteiger partial charge < -0.3 is 5.32 Å². The van der Waals surface area contributed by atoms with Crippen molar-refractivity contribution < 1.29 is 4.39 Å². The van der Waals surface area contributed by atoms with Crippen LogP contribution >= 0.6 is 11.6 Å². The van der Waals surface area contributed by atoms with Crippen molar-refractivity contribution in [3.05, 3.63) is 64.9 Å². The lowest BCUT2D eigenvalue weighted by Gasteiger charge is -2.17. The Morgan fingerprint density at radius 2 is 2.00 bits per heavy atom. The maximum atomic E-state index is 13.1. The highest BCUT2D eigenvalue weighted by atomic mass is 35.5. The molecule has 3 rings (SSSR count). The summed E-state index contributed by atoms with van der Waals surface area (Å²) < 4.78 is 13.1. The minimum atomic E-state index is -0.376. The van der Waals surface area contributed by atoms with Gasteiger partial charge in [-0.1, -0.05) is 41.9 Å². The van der Waals surface area contributed by atoms with Gasteiger partial charge in [-0.3, -0.25) is 4.90 Å². The van der Waals surface area contributed by atoms with Gasteiger partial charge in [0.1, 0.15) is 5.82 Å². The quantitative estimate of drug-likeness (QED) is 0.912. The van der Waals surface area contributed by atoms with E-state index in [4.69, 9.17) is 11.6 Å². The Hall–Kier alpha value is -1.58. The molecule has 1 atom stereocenters. The number of hydrogen-bond donors (Lipinski definition) is 1. The summed E-state index contributed by atoms with van der Waals surface area (Å²) in [4.78, 5) is 2.43. The Balaban J connectivity index is 1.56. The maximum absolute atomic E-state index is 13.1. The lowest BCUT2D eigenvalue weighted by atomic mass is 10.2. The highest BCUT2D eigenvalue weighted by Gasteiger charge is 2.22. The first-order valence-corrected chi connectivity index (χ1v) is 7.56. The van der Waals surface area contributed by atoms with E-state index in [2.05, 4.69) is 34.5 Å². The van der Waals surface area contributed by atoms with Gasteiger partial charge in [0.05, 0.1) is 5.02 Å². The fourth-order valence-corrected chi connectivity index (χ4v) is 2.94. The third-order valence-electron chi connectivity index (χ3n) is 3.81. The van der Waals surface area contributed by atoms with E-state index in [1.165, 1.54) is 11.6 Å². The molecule has 1 fully saturated rings. The third-order valence-corrected chi connectivity index (χ3v) is 4.10. The molecule has 2 nitrogen and oxygen atoms in total. The van der Waals surface area contributed by atoms with E-state index in [1.807, 2.05) is 6.07 Å². The van der Waals surface area contributed by atoms with Gasteiger partial charge in [-0.2, -0.15) is 0 Å². The van der Waals surface area contributed by atoms with Gasteiger partial charge >= 0.3 is 0 Å². The van der Waals surface area contributed by atoms with Crippen LogP contribution in [0.5, 0.6) is 0 Å². The molecule has 1 heterocycles. The Bertz CT molecular complexity index is 603. The molecule has 0 amide bonds. The highest BCUT2D eigenvalue weighted by Crippen LogP contribution is 2.22. The number of halogens is 2. The van der Waals surface area contributed by atoms with Crippen LogP contribution in [-0.2, 0) is 6.54 Å². The fourth-order valence-electron chi connectivity index (χ4n) is 2.76. The van der Waals surface area contributed by atoms with Crippen molar-refractivity contribution in [1.29, 1.82) is 0 Å². The summed E-state index contributed by atoms with van der Waals surface area (Å²) in [6.07, 6.45) is 1.09. The smallest absolute Gasteiger partial charge is 0.141 e. The Morgan fingerprint density at radius 1 is 1.19 bits per heavy atom. The second-order valence-electron chi connectivity index (χ2n) is 5.48. The monoisotopic (exact) mass is 304 g/mol. The van der Waals surface area contributed by atoms with Gasteiger partial charge in [-0.05, 0) is 30.2 Å². The standard InChI is InChI=1S/C17H18ClFN2/c18-16-10-14(6-7-17(16)19)20-15-8-9-21(12-15)11-13-4-2-1-3-5-13/h1-7,10,15,20H,8-9,11-12H2. The average Bonchev–Trinajstić information content (AvgIpc) is 2.91. The predicted molar refractivity (Wildman–Crippen MR) is 85.2 cm³/mol. The van der Waals surface area contributed by atoms with Crippen LogP contribution < -0.4 is 5.32 Å². The van der Waals surface area contributed by atoms with Gasteiger partial charge in [0.25, 0.3) is 0 Å². The molecule has 2 aromatic rings. The summed E-state index contributed by atoms with van der Waals surface area (Å²) in [6, 6.07) is 15.7. The number of hydrogen-bond acceptors (Lipinski definition) is 2. The van der Waals surface area contributed by atoms with E-state index in [0.29, 0.717) is 6.04 Å². The molecule has 0 radical (unpaired) electrons. The van der Waals surface area contributed by atoms with Crippen LogP contribution in [0.3, 0.4) is 0 Å². The van der Waals surface area contributed by atoms with E-state index >= 15 is 0 Å². The third kappa shape index (κ3) is 3.74. The maximum Gasteiger partial charge on any atom is 0.141 e. The molecule has 0 spiro atoms. The van der Waals surface area contributed by atoms with E-state index in [1.54, 1.807) is 12.1 Å². The van der Waals surface area contributed by atoms with Crippen LogP contribution in [0, 0.1) is 5.82 Å². The summed E-state index contributed by atoms with van der Waals surface area (Å²) in [5.74, 6) is -0.376. The molecule has 0 bridgehead atoms. The zero-order chi connectivity index (χ0) is 14.7. The number of rotatable bonds is 4. The van der Waals surface area contributed by atoms with Crippen molar-refractivity contribution in [2.45, 2.75) is 19.0 Å². The molecule has 0 aliphatic carbocycles. The second-order valence-corrected chi connectivity index (χ2v) is 5.89. The first-order valence-electron chi connectivity index (χ1n) is 7.18. The normalized spacial score (nSPS) is 18.9. The van der Waals surface area contributed by atoms with Crippen molar-refractivity contribution in [3.8, 4) is 0 Å². The molecule has 1 aliphatic rings. The number of benzene rings is 2. The summed E-state index contributed by atoms with van der Waals surface area (Å²) in [5, 5.41) is 3.60. The lowest BCUT2D eigenvalue weighted by Crippen LogP contribution is -2.25. The van der Waals surface area contributed by atoms with Crippen molar-refractivity contribution in [3.63, 3.8) is 0 Å². The van der Waals surface area contributed by atoms with Crippen LogP contribution in [0.2, 0.25) is 5.02 Å². The van der Waals surface area contributed by atoms with Crippen LogP contribution in [0.25, 0.3) is 0 Å². The van der Waals surface area contributed by atoms with Gasteiger partial charge in [-0.25, -0.2) is 4.39 Å². The van der Waals surface area contributed by atoms with Crippen LogP contribution in [-0.4, -0.2) is 24.0 Å². The van der Waals surface area contributed by atoms with Crippen LogP contribution in [0.1, 0.15) is 12.0 Å². The SMILES string of the molecule is Fc1ccc(NC2CCN(Cc3ccccc3)C2)cc1Cl. The summed E-state index contributed by atoms with van der Waals surface area (Å²) in [5.41, 5.74) is 2.22. The summed E-state index contributed by atoms with van der Waals surface area (Å²) in [6.45, 7) is 3.04. The number of nitrogens with one attached hydrogen (secondary N) is 1.